The van der Waals surface area contributed by atoms with Crippen molar-refractivity contribution in [2.24, 2.45) is 0 Å². The summed E-state index contributed by atoms with van der Waals surface area (Å²) in [4.78, 5) is 0. The Balaban J connectivity index is 1.01. The van der Waals surface area contributed by atoms with E-state index >= 15 is 0 Å². The van der Waals surface area contributed by atoms with Crippen LogP contribution in [-0.4, -0.2) is 17.2 Å². The Morgan fingerprint density at radius 3 is 1.45 bits per heavy atom. The second-order valence-corrected chi connectivity index (χ2v) is 20.7. The molecule has 0 N–H and O–H groups in total. The first-order valence-electron chi connectivity index (χ1n) is 22.0. The van der Waals surface area contributed by atoms with Crippen molar-refractivity contribution in [3.05, 3.63) is 243 Å². The molecule has 3 aromatic heterocycles. The topological polar surface area (TPSA) is 23.0 Å². The summed E-state index contributed by atoms with van der Waals surface area (Å²) >= 11 is 0. The lowest BCUT2D eigenvalue weighted by Crippen LogP contribution is -2.74. The van der Waals surface area contributed by atoms with Gasteiger partial charge in [0, 0.05) is 43.7 Å². The largest absolute Gasteiger partial charge is 0.456 e. The number of nitrogens with zero attached hydrogens (tertiary/aromatic N) is 2. The molecule has 0 unspecified atom stereocenters. The van der Waals surface area contributed by atoms with Gasteiger partial charge in [-0.05, 0) is 98.6 Å². The van der Waals surface area contributed by atoms with Crippen LogP contribution < -0.4 is 20.7 Å². The summed E-state index contributed by atoms with van der Waals surface area (Å²) in [6, 6.07) is 89.4. The zero-order valence-electron chi connectivity index (χ0n) is 34.9. The Morgan fingerprint density at radius 1 is 0.266 bits per heavy atom. The molecule has 64 heavy (non-hydrogen) atoms. The van der Waals surface area contributed by atoms with Crippen molar-refractivity contribution in [1.82, 2.24) is 9.13 Å². The Bertz CT molecular complexity index is 3840. The van der Waals surface area contributed by atoms with Crippen LogP contribution in [0.4, 0.5) is 0 Å². The van der Waals surface area contributed by atoms with E-state index in [1.807, 2.05) is 6.07 Å². The van der Waals surface area contributed by atoms with Gasteiger partial charge >= 0.3 is 0 Å². The fraction of sp³-hybridized carbons (Fsp3) is 0. The number of furan rings is 1. The zero-order valence-corrected chi connectivity index (χ0v) is 35.9. The maximum Gasteiger partial charge on any atom is 0.179 e. The molecule has 0 atom stereocenters. The van der Waals surface area contributed by atoms with E-state index in [1.54, 1.807) is 0 Å². The molecule has 0 amide bonds. The van der Waals surface area contributed by atoms with E-state index in [4.69, 9.17) is 4.42 Å². The molecule has 13 rings (SSSR count). The molecule has 300 valence electrons. The minimum atomic E-state index is -2.90. The highest BCUT2D eigenvalue weighted by molar-refractivity contribution is 7.19. The third-order valence-corrected chi connectivity index (χ3v) is 18.2. The fourth-order valence-electron chi connectivity index (χ4n) is 10.6. The standard InChI is InChI=1S/C60H40N2OSi/c1-4-18-43(19-5-1)61-55-28-13-10-25-49(55)52-38-42(31-36-57(52)61)41-17-16-24-48(37-41)64(45-20-6-2-7-21-45,46-22-8-3-9-23-46)47-34-32-44(33-35-47)62-56-29-14-11-26-50(56)53-40-60-54(39-58(53)62)51-27-12-15-30-59(51)63-60/h1-40H. The van der Waals surface area contributed by atoms with Crippen LogP contribution in [0.3, 0.4) is 0 Å². The molecule has 3 nitrogen and oxygen atoms in total. The highest BCUT2D eigenvalue weighted by Gasteiger charge is 2.41. The first-order valence-corrected chi connectivity index (χ1v) is 24.0. The Labute approximate surface area is 371 Å². The van der Waals surface area contributed by atoms with Gasteiger partial charge in [0.1, 0.15) is 11.2 Å². The summed E-state index contributed by atoms with van der Waals surface area (Å²) < 4.78 is 11.2. The molecule has 3 heterocycles. The second kappa shape index (κ2) is 14.5. The van der Waals surface area contributed by atoms with Crippen LogP contribution in [0.2, 0.25) is 0 Å². The van der Waals surface area contributed by atoms with Crippen LogP contribution in [0.25, 0.3) is 88.1 Å². The second-order valence-electron chi connectivity index (χ2n) is 16.8. The van der Waals surface area contributed by atoms with Crippen LogP contribution in [0.1, 0.15) is 0 Å². The molecule has 0 saturated carbocycles. The number of fused-ring (bicyclic) bond motifs is 9. The van der Waals surface area contributed by atoms with Crippen molar-refractivity contribution in [3.8, 4) is 22.5 Å². The van der Waals surface area contributed by atoms with Crippen molar-refractivity contribution >= 4 is 94.4 Å². The number of benzene rings is 10. The lowest BCUT2D eigenvalue weighted by molar-refractivity contribution is 0.669. The van der Waals surface area contributed by atoms with E-state index in [2.05, 4.69) is 246 Å². The third kappa shape index (κ3) is 5.46. The molecule has 13 aromatic rings. The number of hydrogen-bond donors (Lipinski definition) is 0. The van der Waals surface area contributed by atoms with Crippen molar-refractivity contribution < 1.29 is 4.42 Å². The Morgan fingerprint density at radius 2 is 0.766 bits per heavy atom. The SMILES string of the molecule is c1ccc(-n2c3ccccc3c3cc(-c4cccc([Si](c5ccccc5)(c5ccccc5)c5ccc(-n6c7ccccc7c7cc8oc9ccccc9c8cc76)cc5)c4)ccc32)cc1. The van der Waals surface area contributed by atoms with E-state index in [-0.39, 0.29) is 0 Å². The van der Waals surface area contributed by atoms with Crippen LogP contribution >= 0.6 is 0 Å². The van der Waals surface area contributed by atoms with Crippen LogP contribution in [0, 0.1) is 0 Å². The van der Waals surface area contributed by atoms with Crippen molar-refractivity contribution in [3.63, 3.8) is 0 Å². The van der Waals surface area contributed by atoms with E-state index < -0.39 is 8.07 Å². The monoisotopic (exact) mass is 832 g/mol. The minimum absolute atomic E-state index is 0.911. The molecule has 0 aliphatic rings. The third-order valence-electron chi connectivity index (χ3n) is 13.5. The number of para-hydroxylation sites is 4. The van der Waals surface area contributed by atoms with Crippen LogP contribution in [-0.2, 0) is 0 Å². The molecule has 0 aliphatic carbocycles. The normalized spacial score (nSPS) is 12.1. The van der Waals surface area contributed by atoms with Crippen molar-refractivity contribution in [2.75, 3.05) is 0 Å². The molecule has 0 saturated heterocycles. The summed E-state index contributed by atoms with van der Waals surface area (Å²) in [6.45, 7) is 0. The average molecular weight is 833 g/mol. The quantitative estimate of drug-likeness (QED) is 0.116. The maximum atomic E-state index is 6.39. The van der Waals surface area contributed by atoms with E-state index in [1.165, 1.54) is 75.5 Å². The van der Waals surface area contributed by atoms with E-state index in [0.717, 1.165) is 33.3 Å². The van der Waals surface area contributed by atoms with Gasteiger partial charge < -0.3 is 13.6 Å². The van der Waals surface area contributed by atoms with Gasteiger partial charge in [-0.3, -0.25) is 0 Å². The van der Waals surface area contributed by atoms with Gasteiger partial charge in [-0.1, -0.05) is 176 Å². The molecular formula is C60H40N2OSi. The van der Waals surface area contributed by atoms with Gasteiger partial charge in [-0.15, -0.1) is 0 Å². The van der Waals surface area contributed by atoms with Gasteiger partial charge in [0.2, 0.25) is 0 Å². The average Bonchev–Trinajstić information content (AvgIpc) is 4.02. The van der Waals surface area contributed by atoms with Crippen molar-refractivity contribution in [1.29, 1.82) is 0 Å². The smallest absolute Gasteiger partial charge is 0.179 e. The highest BCUT2D eigenvalue weighted by atomic mass is 28.3. The fourth-order valence-corrected chi connectivity index (χ4v) is 15.4. The maximum absolute atomic E-state index is 6.39. The summed E-state index contributed by atoms with van der Waals surface area (Å²) in [5.74, 6) is 0. The zero-order chi connectivity index (χ0) is 42.2. The molecule has 10 aromatic carbocycles. The summed E-state index contributed by atoms with van der Waals surface area (Å²) in [6.07, 6.45) is 0. The molecular weight excluding hydrogens is 793 g/mol. The van der Waals surface area contributed by atoms with Gasteiger partial charge in [-0.25, -0.2) is 0 Å². The van der Waals surface area contributed by atoms with Gasteiger partial charge in [0.25, 0.3) is 0 Å². The molecule has 0 fully saturated rings. The number of rotatable bonds is 7. The predicted molar refractivity (Wildman–Crippen MR) is 271 cm³/mol. The number of aromatic nitrogens is 2. The van der Waals surface area contributed by atoms with Gasteiger partial charge in [0.05, 0.1) is 22.1 Å². The van der Waals surface area contributed by atoms with Gasteiger partial charge in [0.15, 0.2) is 8.07 Å². The minimum Gasteiger partial charge on any atom is -0.456 e. The molecule has 0 spiro atoms. The van der Waals surface area contributed by atoms with Crippen molar-refractivity contribution in [2.45, 2.75) is 0 Å². The molecule has 4 heteroatoms. The van der Waals surface area contributed by atoms with Gasteiger partial charge in [-0.2, -0.15) is 0 Å². The Kier molecular flexibility index (Phi) is 8.23. The van der Waals surface area contributed by atoms with Crippen LogP contribution in [0.15, 0.2) is 247 Å². The summed E-state index contributed by atoms with van der Waals surface area (Å²) in [7, 11) is -2.90. The van der Waals surface area contributed by atoms with Crippen LogP contribution in [0.5, 0.6) is 0 Å². The van der Waals surface area contributed by atoms with E-state index in [9.17, 15) is 0 Å². The first-order chi connectivity index (χ1) is 31.7. The summed E-state index contributed by atoms with van der Waals surface area (Å²) in [5.41, 5.74) is 11.3. The Hall–Kier alpha value is -8.18. The summed E-state index contributed by atoms with van der Waals surface area (Å²) in [5, 5.41) is 12.5. The molecule has 0 radical (unpaired) electrons. The molecule has 0 bridgehead atoms. The molecule has 0 aliphatic heterocycles. The lowest BCUT2D eigenvalue weighted by Gasteiger charge is -2.35. The predicted octanol–water partition coefficient (Wildman–Crippen LogP) is 12.8. The van der Waals surface area contributed by atoms with E-state index in [0.29, 0.717) is 0 Å². The number of hydrogen-bond acceptors (Lipinski definition) is 1. The highest BCUT2D eigenvalue weighted by Crippen LogP contribution is 2.39. The first kappa shape index (κ1) is 36.5. The lowest BCUT2D eigenvalue weighted by atomic mass is 10.0.